The number of nitrogens with zero attached hydrogens (tertiary/aromatic N) is 1. The number of hydrogen-bond acceptors (Lipinski definition) is 4. The fourth-order valence-electron chi connectivity index (χ4n) is 3.55. The lowest BCUT2D eigenvalue weighted by Crippen LogP contribution is -2.53. The van der Waals surface area contributed by atoms with E-state index < -0.39 is 5.60 Å². The number of aliphatic hydroxyl groups is 1. The van der Waals surface area contributed by atoms with Crippen LogP contribution in [-0.4, -0.2) is 53.5 Å². The maximum Gasteiger partial charge on any atom is 0.410 e. The first-order valence-electron chi connectivity index (χ1n) is 8.74. The molecule has 0 aromatic carbocycles. The van der Waals surface area contributed by atoms with Crippen LogP contribution in [0.25, 0.3) is 0 Å². The fourth-order valence-corrected chi connectivity index (χ4v) is 3.55. The van der Waals surface area contributed by atoms with Gasteiger partial charge in [0.05, 0.1) is 0 Å². The predicted octanol–water partition coefficient (Wildman–Crippen LogP) is 2.53. The van der Waals surface area contributed by atoms with Crippen molar-refractivity contribution in [1.82, 2.24) is 10.2 Å². The summed E-state index contributed by atoms with van der Waals surface area (Å²) in [6.45, 7) is 7.46. The van der Waals surface area contributed by atoms with Crippen molar-refractivity contribution in [3.05, 3.63) is 0 Å². The van der Waals surface area contributed by atoms with Crippen LogP contribution < -0.4 is 5.32 Å². The molecule has 1 saturated carbocycles. The Morgan fingerprint density at radius 1 is 1.23 bits per heavy atom. The van der Waals surface area contributed by atoms with Gasteiger partial charge < -0.3 is 20.1 Å². The van der Waals surface area contributed by atoms with Crippen molar-refractivity contribution < 1.29 is 14.6 Å². The molecule has 2 N–H and O–H groups in total. The standard InChI is InChI=1S/C17H32N2O3/c1-17(2,3)22-16(21)19-10-6-8-14(11-19)18-15-9-5-4-7-13(15)12-20/h13-15,18,20H,4-12H2,1-3H3. The van der Waals surface area contributed by atoms with Gasteiger partial charge in [-0.3, -0.25) is 0 Å². The maximum absolute atomic E-state index is 12.2. The average molecular weight is 312 g/mol. The van der Waals surface area contributed by atoms with Crippen LogP contribution >= 0.6 is 0 Å². The molecule has 1 saturated heterocycles. The van der Waals surface area contributed by atoms with Crippen molar-refractivity contribution in [2.75, 3.05) is 19.7 Å². The van der Waals surface area contributed by atoms with Gasteiger partial charge in [0.2, 0.25) is 0 Å². The Balaban J connectivity index is 1.86. The highest BCUT2D eigenvalue weighted by Crippen LogP contribution is 2.25. The fraction of sp³-hybridized carbons (Fsp3) is 0.941. The van der Waals surface area contributed by atoms with E-state index in [1.54, 1.807) is 0 Å². The van der Waals surface area contributed by atoms with Gasteiger partial charge in [-0.05, 0) is 52.4 Å². The Labute approximate surface area is 134 Å². The zero-order valence-corrected chi connectivity index (χ0v) is 14.3. The summed E-state index contributed by atoms with van der Waals surface area (Å²) in [7, 11) is 0. The summed E-state index contributed by atoms with van der Waals surface area (Å²) < 4.78 is 5.48. The van der Waals surface area contributed by atoms with E-state index in [-0.39, 0.29) is 12.7 Å². The van der Waals surface area contributed by atoms with Crippen molar-refractivity contribution in [2.24, 2.45) is 5.92 Å². The molecule has 2 rings (SSSR count). The highest BCUT2D eigenvalue weighted by atomic mass is 16.6. The summed E-state index contributed by atoms with van der Waals surface area (Å²) in [5.74, 6) is 0.366. The highest BCUT2D eigenvalue weighted by molar-refractivity contribution is 5.68. The zero-order chi connectivity index (χ0) is 16.2. The highest BCUT2D eigenvalue weighted by Gasteiger charge is 2.31. The maximum atomic E-state index is 12.2. The number of likely N-dealkylation sites (tertiary alicyclic amines) is 1. The van der Waals surface area contributed by atoms with Gasteiger partial charge in [-0.2, -0.15) is 0 Å². The first kappa shape index (κ1) is 17.5. The van der Waals surface area contributed by atoms with Crippen LogP contribution in [0.2, 0.25) is 0 Å². The lowest BCUT2D eigenvalue weighted by atomic mass is 9.84. The molecule has 0 aromatic rings. The SMILES string of the molecule is CC(C)(C)OC(=O)N1CCCC(NC2CCCCC2CO)C1. The van der Waals surface area contributed by atoms with E-state index in [2.05, 4.69) is 5.32 Å². The summed E-state index contributed by atoms with van der Waals surface area (Å²) in [5.41, 5.74) is -0.442. The van der Waals surface area contributed by atoms with Crippen molar-refractivity contribution in [1.29, 1.82) is 0 Å². The monoisotopic (exact) mass is 312 g/mol. The number of piperidine rings is 1. The van der Waals surface area contributed by atoms with E-state index in [0.717, 1.165) is 32.2 Å². The van der Waals surface area contributed by atoms with Crippen LogP contribution in [0.15, 0.2) is 0 Å². The number of carbonyl (C=O) groups is 1. The van der Waals surface area contributed by atoms with Crippen molar-refractivity contribution in [2.45, 2.75) is 77.0 Å². The summed E-state index contributed by atoms with van der Waals surface area (Å²) in [4.78, 5) is 14.0. The van der Waals surface area contributed by atoms with Gasteiger partial charge in [0.25, 0.3) is 0 Å². The van der Waals surface area contributed by atoms with E-state index in [0.29, 0.717) is 24.5 Å². The number of aliphatic hydroxyl groups excluding tert-OH is 1. The lowest BCUT2D eigenvalue weighted by Gasteiger charge is -2.39. The summed E-state index contributed by atoms with van der Waals surface area (Å²) >= 11 is 0. The predicted molar refractivity (Wildman–Crippen MR) is 86.8 cm³/mol. The minimum atomic E-state index is -0.442. The molecule has 1 aliphatic carbocycles. The van der Waals surface area contributed by atoms with E-state index in [4.69, 9.17) is 4.74 Å². The van der Waals surface area contributed by atoms with Crippen LogP contribution in [0, 0.1) is 5.92 Å². The smallest absolute Gasteiger partial charge is 0.410 e. The van der Waals surface area contributed by atoms with Crippen LogP contribution in [0.1, 0.15) is 59.3 Å². The van der Waals surface area contributed by atoms with Crippen LogP contribution in [-0.2, 0) is 4.74 Å². The second-order valence-electron chi connectivity index (χ2n) is 7.77. The third-order valence-electron chi connectivity index (χ3n) is 4.67. The zero-order valence-electron chi connectivity index (χ0n) is 14.3. The Bertz CT molecular complexity index is 367. The molecule has 0 bridgehead atoms. The molecule has 3 unspecified atom stereocenters. The number of ether oxygens (including phenoxy) is 1. The minimum absolute atomic E-state index is 0.207. The Hall–Kier alpha value is -0.810. The second-order valence-corrected chi connectivity index (χ2v) is 7.77. The molecular formula is C17H32N2O3. The third kappa shape index (κ3) is 5.13. The van der Waals surface area contributed by atoms with Gasteiger partial charge in [-0.15, -0.1) is 0 Å². The molecule has 128 valence electrons. The van der Waals surface area contributed by atoms with E-state index in [1.165, 1.54) is 12.8 Å². The van der Waals surface area contributed by atoms with Crippen molar-refractivity contribution >= 4 is 6.09 Å². The van der Waals surface area contributed by atoms with E-state index >= 15 is 0 Å². The molecule has 3 atom stereocenters. The number of carbonyl (C=O) groups excluding carboxylic acids is 1. The molecule has 5 heteroatoms. The molecule has 1 aliphatic heterocycles. The molecule has 0 radical (unpaired) electrons. The Morgan fingerprint density at radius 2 is 1.95 bits per heavy atom. The van der Waals surface area contributed by atoms with Gasteiger partial charge in [0, 0.05) is 31.8 Å². The summed E-state index contributed by atoms with van der Waals surface area (Å²) in [5, 5.41) is 13.2. The number of rotatable bonds is 3. The van der Waals surface area contributed by atoms with Gasteiger partial charge in [-0.1, -0.05) is 12.8 Å². The van der Waals surface area contributed by atoms with Gasteiger partial charge >= 0.3 is 6.09 Å². The quantitative estimate of drug-likeness (QED) is 0.840. The van der Waals surface area contributed by atoms with Crippen molar-refractivity contribution in [3.63, 3.8) is 0 Å². The van der Waals surface area contributed by atoms with E-state index in [1.807, 2.05) is 25.7 Å². The Kier molecular flexibility index (Phi) is 6.09. The molecule has 2 fully saturated rings. The van der Waals surface area contributed by atoms with Gasteiger partial charge in [-0.25, -0.2) is 4.79 Å². The largest absolute Gasteiger partial charge is 0.444 e. The third-order valence-corrected chi connectivity index (χ3v) is 4.67. The normalized spacial score (nSPS) is 30.2. The van der Waals surface area contributed by atoms with Crippen LogP contribution in [0.5, 0.6) is 0 Å². The average Bonchev–Trinajstić information content (AvgIpc) is 2.46. The molecule has 22 heavy (non-hydrogen) atoms. The Morgan fingerprint density at radius 3 is 2.64 bits per heavy atom. The molecule has 5 nitrogen and oxygen atoms in total. The topological polar surface area (TPSA) is 61.8 Å². The second kappa shape index (κ2) is 7.64. The van der Waals surface area contributed by atoms with Gasteiger partial charge in [0.1, 0.15) is 5.60 Å². The number of amides is 1. The minimum Gasteiger partial charge on any atom is -0.444 e. The molecule has 0 spiro atoms. The molecular weight excluding hydrogens is 280 g/mol. The summed E-state index contributed by atoms with van der Waals surface area (Å²) in [6.07, 6.45) is 6.59. The number of hydrogen-bond donors (Lipinski definition) is 2. The molecule has 1 amide bonds. The molecule has 0 aromatic heterocycles. The van der Waals surface area contributed by atoms with Crippen LogP contribution in [0.3, 0.4) is 0 Å². The van der Waals surface area contributed by atoms with E-state index in [9.17, 15) is 9.90 Å². The van der Waals surface area contributed by atoms with Gasteiger partial charge in [0.15, 0.2) is 0 Å². The molecule has 1 heterocycles. The molecule has 2 aliphatic rings. The first-order valence-corrected chi connectivity index (χ1v) is 8.74. The first-order chi connectivity index (χ1) is 10.4. The van der Waals surface area contributed by atoms with Crippen LogP contribution in [0.4, 0.5) is 4.79 Å². The number of nitrogens with one attached hydrogen (secondary N) is 1. The lowest BCUT2D eigenvalue weighted by molar-refractivity contribution is 0.0172. The summed E-state index contributed by atoms with van der Waals surface area (Å²) in [6, 6.07) is 0.709. The van der Waals surface area contributed by atoms with Crippen molar-refractivity contribution in [3.8, 4) is 0 Å².